The van der Waals surface area contributed by atoms with Gasteiger partial charge < -0.3 is 15.5 Å². The Morgan fingerprint density at radius 1 is 1.21 bits per heavy atom. The number of nitrogens with one attached hydrogen (secondary N) is 2. The van der Waals surface area contributed by atoms with Crippen molar-refractivity contribution in [2.24, 2.45) is 0 Å². The van der Waals surface area contributed by atoms with Crippen LogP contribution in [-0.4, -0.2) is 24.5 Å². The maximum Gasteiger partial charge on any atom is 0.319 e. The van der Waals surface area contributed by atoms with Gasteiger partial charge in [0.05, 0.1) is 0 Å². The van der Waals surface area contributed by atoms with Crippen LogP contribution in [0.1, 0.15) is 12.0 Å². The Hall–Kier alpha value is -2.89. The molecule has 0 saturated carbocycles. The summed E-state index contributed by atoms with van der Waals surface area (Å²) < 4.78 is 13.4. The molecule has 1 aliphatic rings. The molecule has 1 atom stereocenters. The molecule has 0 bridgehead atoms. The van der Waals surface area contributed by atoms with Crippen LogP contribution in [0, 0.1) is 12.7 Å². The molecule has 124 valence electrons. The number of urea groups is 1. The number of hydrogen-bond donors (Lipinski definition) is 2. The molecule has 1 aliphatic heterocycles. The van der Waals surface area contributed by atoms with E-state index >= 15 is 0 Å². The minimum Gasteiger partial charge on any atom is -0.326 e. The standard InChI is InChI=1S/C18H18FN3O2/c1-12-11-14(7-8-15(12)19)22-10-9-16(17(22)23)21-18(24)20-13-5-3-2-4-6-13/h2-8,11,16H,9-10H2,1H3,(H2,20,21,24)/t16-/m0/s1. The number of anilines is 2. The summed E-state index contributed by atoms with van der Waals surface area (Å²) in [5.74, 6) is -0.494. The highest BCUT2D eigenvalue weighted by molar-refractivity contribution is 6.02. The lowest BCUT2D eigenvalue weighted by atomic mass is 10.2. The summed E-state index contributed by atoms with van der Waals surface area (Å²) in [6, 6.07) is 12.6. The van der Waals surface area contributed by atoms with Gasteiger partial charge in [-0.2, -0.15) is 0 Å². The van der Waals surface area contributed by atoms with Gasteiger partial charge in [0.15, 0.2) is 0 Å². The lowest BCUT2D eigenvalue weighted by molar-refractivity contribution is -0.118. The first-order chi connectivity index (χ1) is 11.5. The summed E-state index contributed by atoms with van der Waals surface area (Å²) in [6.45, 7) is 2.14. The van der Waals surface area contributed by atoms with Crippen molar-refractivity contribution in [3.8, 4) is 0 Å². The molecule has 0 aliphatic carbocycles. The highest BCUT2D eigenvalue weighted by Crippen LogP contribution is 2.23. The van der Waals surface area contributed by atoms with Crippen LogP contribution in [0.3, 0.4) is 0 Å². The Bertz CT molecular complexity index is 764. The summed E-state index contributed by atoms with van der Waals surface area (Å²) >= 11 is 0. The minimum atomic E-state index is -0.584. The molecule has 6 heteroatoms. The normalized spacial score (nSPS) is 17.0. The summed E-state index contributed by atoms with van der Waals surface area (Å²) in [5, 5.41) is 5.38. The first-order valence-corrected chi connectivity index (χ1v) is 7.74. The molecular weight excluding hydrogens is 309 g/mol. The molecule has 1 saturated heterocycles. The van der Waals surface area contributed by atoms with E-state index < -0.39 is 12.1 Å². The summed E-state index contributed by atoms with van der Waals surface area (Å²) in [4.78, 5) is 26.1. The second-order valence-electron chi connectivity index (χ2n) is 5.73. The third-order valence-corrected chi connectivity index (χ3v) is 4.00. The smallest absolute Gasteiger partial charge is 0.319 e. The van der Waals surface area contributed by atoms with Crippen LogP contribution < -0.4 is 15.5 Å². The van der Waals surface area contributed by atoms with E-state index in [2.05, 4.69) is 10.6 Å². The van der Waals surface area contributed by atoms with E-state index in [0.29, 0.717) is 29.9 Å². The van der Waals surface area contributed by atoms with Crippen LogP contribution in [0.2, 0.25) is 0 Å². The van der Waals surface area contributed by atoms with Crippen molar-refractivity contribution < 1.29 is 14.0 Å². The molecule has 0 aromatic heterocycles. The van der Waals surface area contributed by atoms with E-state index in [1.54, 1.807) is 36.1 Å². The van der Waals surface area contributed by atoms with Gasteiger partial charge in [-0.25, -0.2) is 9.18 Å². The predicted molar refractivity (Wildman–Crippen MR) is 90.5 cm³/mol. The Morgan fingerprint density at radius 3 is 2.67 bits per heavy atom. The van der Waals surface area contributed by atoms with Gasteiger partial charge in [0.1, 0.15) is 11.9 Å². The molecule has 2 aromatic rings. The lowest BCUT2D eigenvalue weighted by Crippen LogP contribution is -2.43. The SMILES string of the molecule is Cc1cc(N2CC[C@H](NC(=O)Nc3ccccc3)C2=O)ccc1F. The Morgan fingerprint density at radius 2 is 1.96 bits per heavy atom. The summed E-state index contributed by atoms with van der Waals surface area (Å²) in [6.07, 6.45) is 0.511. The van der Waals surface area contributed by atoms with Crippen LogP contribution >= 0.6 is 0 Å². The average molecular weight is 327 g/mol. The topological polar surface area (TPSA) is 61.4 Å². The van der Waals surface area contributed by atoms with E-state index in [0.717, 1.165) is 0 Å². The van der Waals surface area contributed by atoms with Gasteiger partial charge in [0.25, 0.3) is 0 Å². The third kappa shape index (κ3) is 3.37. The maximum absolute atomic E-state index is 13.4. The van der Waals surface area contributed by atoms with Crippen molar-refractivity contribution in [2.45, 2.75) is 19.4 Å². The van der Waals surface area contributed by atoms with Gasteiger partial charge in [0.2, 0.25) is 5.91 Å². The number of rotatable bonds is 3. The zero-order valence-corrected chi connectivity index (χ0v) is 13.3. The first kappa shape index (κ1) is 16.0. The molecule has 1 heterocycles. The number of para-hydroxylation sites is 1. The number of amides is 3. The third-order valence-electron chi connectivity index (χ3n) is 4.00. The van der Waals surface area contributed by atoms with Crippen LogP contribution in [0.4, 0.5) is 20.6 Å². The van der Waals surface area contributed by atoms with Crippen LogP contribution in [0.5, 0.6) is 0 Å². The fourth-order valence-corrected chi connectivity index (χ4v) is 2.71. The quantitative estimate of drug-likeness (QED) is 0.910. The summed E-state index contributed by atoms with van der Waals surface area (Å²) in [7, 11) is 0. The van der Waals surface area contributed by atoms with Crippen molar-refractivity contribution in [1.82, 2.24) is 5.32 Å². The van der Waals surface area contributed by atoms with Gasteiger partial charge in [-0.15, -0.1) is 0 Å². The fraction of sp³-hybridized carbons (Fsp3) is 0.222. The van der Waals surface area contributed by atoms with Crippen molar-refractivity contribution in [3.05, 3.63) is 59.9 Å². The van der Waals surface area contributed by atoms with Crippen molar-refractivity contribution in [2.75, 3.05) is 16.8 Å². The van der Waals surface area contributed by atoms with Gasteiger partial charge >= 0.3 is 6.03 Å². The van der Waals surface area contributed by atoms with Gasteiger partial charge in [0, 0.05) is 17.9 Å². The largest absolute Gasteiger partial charge is 0.326 e. The molecular formula is C18H18FN3O2. The van der Waals surface area contributed by atoms with Crippen molar-refractivity contribution >= 4 is 23.3 Å². The van der Waals surface area contributed by atoms with Crippen molar-refractivity contribution in [3.63, 3.8) is 0 Å². The molecule has 0 unspecified atom stereocenters. The van der Waals surface area contributed by atoms with Crippen molar-refractivity contribution in [1.29, 1.82) is 0 Å². The number of aryl methyl sites for hydroxylation is 1. The molecule has 0 radical (unpaired) electrons. The Labute approximate surface area is 139 Å². The van der Waals surface area contributed by atoms with E-state index in [9.17, 15) is 14.0 Å². The molecule has 3 rings (SSSR count). The van der Waals surface area contributed by atoms with Gasteiger partial charge in [-0.1, -0.05) is 18.2 Å². The first-order valence-electron chi connectivity index (χ1n) is 7.74. The number of carbonyl (C=O) groups excluding carboxylic acids is 2. The second kappa shape index (κ2) is 6.70. The highest BCUT2D eigenvalue weighted by atomic mass is 19.1. The number of benzene rings is 2. The number of hydrogen-bond acceptors (Lipinski definition) is 2. The number of nitrogens with zero attached hydrogens (tertiary/aromatic N) is 1. The molecule has 0 spiro atoms. The van der Waals surface area contributed by atoms with Gasteiger partial charge in [-0.05, 0) is 49.2 Å². The zero-order valence-electron chi connectivity index (χ0n) is 13.3. The highest BCUT2D eigenvalue weighted by Gasteiger charge is 2.33. The van der Waals surface area contributed by atoms with Crippen LogP contribution in [-0.2, 0) is 4.79 Å². The molecule has 1 fully saturated rings. The van der Waals surface area contributed by atoms with E-state index in [-0.39, 0.29) is 11.7 Å². The molecule has 5 nitrogen and oxygen atoms in total. The zero-order chi connectivity index (χ0) is 17.1. The van der Waals surface area contributed by atoms with Crippen LogP contribution in [0.15, 0.2) is 48.5 Å². The number of carbonyl (C=O) groups is 2. The minimum absolute atomic E-state index is 0.191. The second-order valence-corrected chi connectivity index (χ2v) is 5.73. The van der Waals surface area contributed by atoms with E-state index in [1.165, 1.54) is 6.07 Å². The monoisotopic (exact) mass is 327 g/mol. The molecule has 2 aromatic carbocycles. The summed E-state index contributed by atoms with van der Waals surface area (Å²) in [5.41, 5.74) is 1.79. The van der Waals surface area contributed by atoms with Gasteiger partial charge in [-0.3, -0.25) is 4.79 Å². The van der Waals surface area contributed by atoms with E-state index in [4.69, 9.17) is 0 Å². The predicted octanol–water partition coefficient (Wildman–Crippen LogP) is 3.06. The fourth-order valence-electron chi connectivity index (χ4n) is 2.71. The average Bonchev–Trinajstić information content (AvgIpc) is 2.92. The Balaban J connectivity index is 1.63. The van der Waals surface area contributed by atoms with E-state index in [1.807, 2.05) is 18.2 Å². The molecule has 24 heavy (non-hydrogen) atoms. The molecule has 2 N–H and O–H groups in total. The van der Waals surface area contributed by atoms with Crippen LogP contribution in [0.25, 0.3) is 0 Å². The number of halogens is 1. The maximum atomic E-state index is 13.4. The Kier molecular flexibility index (Phi) is 4.46. The lowest BCUT2D eigenvalue weighted by Gasteiger charge is -2.18. The molecule has 3 amide bonds.